The van der Waals surface area contributed by atoms with Crippen molar-refractivity contribution in [1.82, 2.24) is 5.32 Å². The number of carbonyl (C=O) groups is 2. The second-order valence-corrected chi connectivity index (χ2v) is 10.8. The maximum absolute atomic E-state index is 12.6. The Labute approximate surface area is 217 Å². The number of epoxide rings is 1. The Balaban J connectivity index is 2.06. The van der Waals surface area contributed by atoms with E-state index in [0.29, 0.717) is 19.3 Å². The van der Waals surface area contributed by atoms with Gasteiger partial charge in [0.05, 0.1) is 30.0 Å². The molecule has 0 aliphatic carbocycles. The maximum Gasteiger partial charge on any atom is 0.303 e. The molecule has 2 unspecified atom stereocenters. The molecule has 1 saturated heterocycles. The molecule has 0 spiro atoms. The van der Waals surface area contributed by atoms with Crippen molar-refractivity contribution in [3.63, 3.8) is 0 Å². The van der Waals surface area contributed by atoms with Crippen LogP contribution < -0.4 is 5.32 Å². The van der Waals surface area contributed by atoms with E-state index in [2.05, 4.69) is 5.32 Å². The summed E-state index contributed by atoms with van der Waals surface area (Å²) in [4.78, 5) is 24.0. The minimum absolute atomic E-state index is 0.0105. The smallest absolute Gasteiger partial charge is 0.303 e. The highest BCUT2D eigenvalue weighted by molar-refractivity contribution is 5.76. The van der Waals surface area contributed by atoms with Crippen molar-refractivity contribution < 1.29 is 29.3 Å². The van der Waals surface area contributed by atoms with E-state index in [9.17, 15) is 19.8 Å². The van der Waals surface area contributed by atoms with E-state index in [-0.39, 0.29) is 48.1 Å². The summed E-state index contributed by atoms with van der Waals surface area (Å²) in [6, 6.07) is -0.215. The molecular formula is C29H47NO6. The summed E-state index contributed by atoms with van der Waals surface area (Å²) in [5.41, 5.74) is -0.0834. The minimum atomic E-state index is -1.05. The van der Waals surface area contributed by atoms with E-state index in [4.69, 9.17) is 9.47 Å². The third kappa shape index (κ3) is 10.2. The van der Waals surface area contributed by atoms with Crippen molar-refractivity contribution in [2.45, 2.75) is 123 Å². The molecule has 7 nitrogen and oxygen atoms in total. The van der Waals surface area contributed by atoms with E-state index in [1.807, 2.05) is 52.0 Å². The van der Waals surface area contributed by atoms with Crippen molar-refractivity contribution in [3.05, 3.63) is 36.0 Å². The highest BCUT2D eigenvalue weighted by atomic mass is 16.6. The first-order chi connectivity index (χ1) is 16.9. The lowest BCUT2D eigenvalue weighted by Gasteiger charge is -2.25. The van der Waals surface area contributed by atoms with Crippen molar-refractivity contribution in [1.29, 1.82) is 0 Å². The highest BCUT2D eigenvalue weighted by Crippen LogP contribution is 2.37. The Morgan fingerprint density at radius 1 is 1.31 bits per heavy atom. The minimum Gasteiger partial charge on any atom is -0.458 e. The lowest BCUT2D eigenvalue weighted by molar-refractivity contribution is -0.144. The number of hydrogen-bond donors (Lipinski definition) is 3. The lowest BCUT2D eigenvalue weighted by Crippen LogP contribution is -2.40. The van der Waals surface area contributed by atoms with Crippen LogP contribution in [0.2, 0.25) is 0 Å². The molecule has 0 saturated carbocycles. The van der Waals surface area contributed by atoms with Crippen molar-refractivity contribution >= 4 is 11.9 Å². The Morgan fingerprint density at radius 3 is 2.69 bits per heavy atom. The number of allylic oxidation sites excluding steroid dienone is 2. The fourth-order valence-electron chi connectivity index (χ4n) is 4.89. The first-order valence-corrected chi connectivity index (χ1v) is 13.5. The van der Waals surface area contributed by atoms with Crippen molar-refractivity contribution in [2.24, 2.45) is 11.8 Å². The van der Waals surface area contributed by atoms with Crippen molar-refractivity contribution in [2.75, 3.05) is 0 Å². The number of hydrogen-bond acceptors (Lipinski definition) is 6. The molecule has 2 aliphatic heterocycles. The molecule has 2 heterocycles. The van der Waals surface area contributed by atoms with Crippen LogP contribution >= 0.6 is 0 Å². The first-order valence-electron chi connectivity index (χ1n) is 13.5. The largest absolute Gasteiger partial charge is 0.458 e. The Kier molecular flexibility index (Phi) is 11.9. The molecule has 0 aromatic rings. The summed E-state index contributed by atoms with van der Waals surface area (Å²) < 4.78 is 11.2. The Bertz CT molecular complexity index is 817. The van der Waals surface area contributed by atoms with Gasteiger partial charge in [0.25, 0.3) is 0 Å². The number of rotatable bonds is 9. The molecule has 1 fully saturated rings. The van der Waals surface area contributed by atoms with Gasteiger partial charge in [0, 0.05) is 25.7 Å². The zero-order valence-electron chi connectivity index (χ0n) is 22.9. The molecule has 204 valence electrons. The third-order valence-corrected chi connectivity index (χ3v) is 7.27. The molecule has 2 rings (SSSR count). The molecule has 7 heteroatoms. The summed E-state index contributed by atoms with van der Waals surface area (Å²) in [6.45, 7) is 11.1. The number of aliphatic hydroxyl groups excluding tert-OH is 1. The van der Waals surface area contributed by atoms with Gasteiger partial charge in [-0.1, -0.05) is 57.1 Å². The molecule has 8 atom stereocenters. The summed E-state index contributed by atoms with van der Waals surface area (Å²) in [5, 5.41) is 24.1. The topological polar surface area (TPSA) is 108 Å². The van der Waals surface area contributed by atoms with Gasteiger partial charge >= 0.3 is 5.97 Å². The molecule has 0 aromatic carbocycles. The van der Waals surface area contributed by atoms with Crippen LogP contribution in [-0.4, -0.2) is 58.1 Å². The van der Waals surface area contributed by atoms with Gasteiger partial charge in [-0.25, -0.2) is 0 Å². The number of carbonyl (C=O) groups excluding carboxylic acids is 2. The SMILES string of the molecule is CC[C@H](O)[C@@H](C)[C@H]1O[C@@H]1C[C@@](C)(O)/C=C/C=C(\C)C1NC(=O)CCCCCC(OC(C)=O)/C=C/[C@@H]1C. The number of esters is 1. The Morgan fingerprint density at radius 2 is 2.03 bits per heavy atom. The van der Waals surface area contributed by atoms with Crippen LogP contribution in [0.3, 0.4) is 0 Å². The van der Waals surface area contributed by atoms with Crippen LogP contribution in [0.15, 0.2) is 36.0 Å². The second kappa shape index (κ2) is 14.1. The van der Waals surface area contributed by atoms with E-state index in [1.165, 1.54) is 6.92 Å². The predicted octanol–water partition coefficient (Wildman–Crippen LogP) is 4.38. The van der Waals surface area contributed by atoms with Crippen molar-refractivity contribution in [3.8, 4) is 0 Å². The zero-order chi connectivity index (χ0) is 26.9. The molecule has 1 amide bonds. The molecule has 3 N–H and O–H groups in total. The molecule has 36 heavy (non-hydrogen) atoms. The Hall–Kier alpha value is -1.96. The molecular weight excluding hydrogens is 458 g/mol. The standard InChI is InChI=1S/C29H47NO6/c1-7-24(32)21(4)28-25(36-28)18-29(6,34)17-11-12-19(2)27-20(3)15-16-23(35-22(5)31)13-9-8-10-14-26(33)30-27/h11-12,15-17,20-21,23-25,27-28,32,34H,7-10,13-14,18H2,1-6H3,(H,30,33)/b16-15+,17-11+,19-12+/t20-,21+,23?,24-,25+,27?,28+,29-/m0/s1. The molecule has 0 bridgehead atoms. The van der Waals surface area contributed by atoms with Gasteiger partial charge in [-0.3, -0.25) is 9.59 Å². The van der Waals surface area contributed by atoms with Crippen LogP contribution in [-0.2, 0) is 19.1 Å². The van der Waals surface area contributed by atoms with Crippen LogP contribution in [0.25, 0.3) is 0 Å². The van der Waals surface area contributed by atoms with Gasteiger partial charge < -0.3 is 25.0 Å². The molecule has 0 radical (unpaired) electrons. The quantitative estimate of drug-likeness (QED) is 0.186. The highest BCUT2D eigenvalue weighted by Gasteiger charge is 2.47. The van der Waals surface area contributed by atoms with E-state index >= 15 is 0 Å². The zero-order valence-corrected chi connectivity index (χ0v) is 22.9. The summed E-state index contributed by atoms with van der Waals surface area (Å²) >= 11 is 0. The lowest BCUT2D eigenvalue weighted by atomic mass is 9.91. The number of nitrogens with one attached hydrogen (secondary N) is 1. The van der Waals surface area contributed by atoms with Gasteiger partial charge in [0.1, 0.15) is 6.10 Å². The van der Waals surface area contributed by atoms with E-state index in [1.54, 1.807) is 13.0 Å². The van der Waals surface area contributed by atoms with Gasteiger partial charge in [-0.2, -0.15) is 0 Å². The number of amides is 1. The van der Waals surface area contributed by atoms with Gasteiger partial charge in [-0.15, -0.1) is 0 Å². The normalized spacial score (nSPS) is 32.4. The average Bonchev–Trinajstić information content (AvgIpc) is 3.55. The van der Waals surface area contributed by atoms with E-state index in [0.717, 1.165) is 31.3 Å². The van der Waals surface area contributed by atoms with Crippen LogP contribution in [0.4, 0.5) is 0 Å². The molecule has 2 aliphatic rings. The average molecular weight is 506 g/mol. The van der Waals surface area contributed by atoms with Crippen LogP contribution in [0.5, 0.6) is 0 Å². The maximum atomic E-state index is 12.6. The number of aliphatic hydroxyl groups is 2. The van der Waals surface area contributed by atoms with E-state index < -0.39 is 11.7 Å². The van der Waals surface area contributed by atoms with Gasteiger partial charge in [-0.05, 0) is 51.5 Å². The summed E-state index contributed by atoms with van der Waals surface area (Å²) in [6.07, 6.45) is 13.7. The van der Waals surface area contributed by atoms with Gasteiger partial charge in [0.2, 0.25) is 5.91 Å². The summed E-state index contributed by atoms with van der Waals surface area (Å²) in [5.74, 6) is -0.229. The fourth-order valence-corrected chi connectivity index (χ4v) is 4.89. The predicted molar refractivity (Wildman–Crippen MR) is 141 cm³/mol. The fraction of sp³-hybridized carbons (Fsp3) is 0.724. The monoisotopic (exact) mass is 505 g/mol. The third-order valence-electron chi connectivity index (χ3n) is 7.27. The van der Waals surface area contributed by atoms with Crippen LogP contribution in [0.1, 0.15) is 86.5 Å². The summed E-state index contributed by atoms with van der Waals surface area (Å²) in [7, 11) is 0. The second-order valence-electron chi connectivity index (χ2n) is 10.8. The molecule has 0 aromatic heterocycles. The van der Waals surface area contributed by atoms with Gasteiger partial charge in [0.15, 0.2) is 0 Å². The first kappa shape index (κ1) is 30.3. The van der Waals surface area contributed by atoms with Crippen LogP contribution in [0, 0.1) is 11.8 Å². The number of ether oxygens (including phenoxy) is 2.